The first-order valence-corrected chi connectivity index (χ1v) is 6.57. The van der Waals surface area contributed by atoms with Crippen LogP contribution in [0.2, 0.25) is 0 Å². The Balaban J connectivity index is 1.82. The lowest BCUT2D eigenvalue weighted by Gasteiger charge is -2.28. The molecule has 0 amide bonds. The molecule has 0 spiro atoms. The van der Waals surface area contributed by atoms with Crippen molar-refractivity contribution in [2.45, 2.75) is 25.4 Å². The summed E-state index contributed by atoms with van der Waals surface area (Å²) in [5, 5.41) is 0. The van der Waals surface area contributed by atoms with Gasteiger partial charge in [0.2, 0.25) is 0 Å². The van der Waals surface area contributed by atoms with Gasteiger partial charge in [-0.2, -0.15) is 0 Å². The number of hydrogen-bond acceptors (Lipinski definition) is 1. The van der Waals surface area contributed by atoms with Crippen LogP contribution in [0.4, 0.5) is 0 Å². The summed E-state index contributed by atoms with van der Waals surface area (Å²) in [6.45, 7) is 5.78. The highest BCUT2D eigenvalue weighted by Crippen LogP contribution is 2.45. The zero-order chi connectivity index (χ0) is 12.6. The first-order valence-electron chi connectivity index (χ1n) is 6.57. The van der Waals surface area contributed by atoms with Crippen LogP contribution in [0.15, 0.2) is 60.7 Å². The van der Waals surface area contributed by atoms with Crippen LogP contribution in [0, 0.1) is 0 Å². The monoisotopic (exact) mass is 237 g/mol. The molecular formula is C17H19N. The molecule has 0 N–H and O–H groups in total. The summed E-state index contributed by atoms with van der Waals surface area (Å²) in [7, 11) is 0. The molecule has 1 aliphatic rings. The molecule has 0 bridgehead atoms. The Bertz CT molecular complexity index is 516. The predicted octanol–water partition coefficient (Wildman–Crippen LogP) is 3.98. The van der Waals surface area contributed by atoms with Crippen LogP contribution in [0.5, 0.6) is 0 Å². The van der Waals surface area contributed by atoms with Crippen molar-refractivity contribution in [3.05, 3.63) is 71.8 Å². The second-order valence-electron chi connectivity index (χ2n) is 5.50. The third-order valence-electron chi connectivity index (χ3n) is 3.99. The number of hydrogen-bond donors (Lipinski definition) is 0. The average Bonchev–Trinajstić information content (AvgIpc) is 3.22. The molecule has 1 aliphatic heterocycles. The Morgan fingerprint density at radius 3 is 2.06 bits per heavy atom. The largest absolute Gasteiger partial charge is 0.284 e. The van der Waals surface area contributed by atoms with Crippen LogP contribution in [0.25, 0.3) is 0 Å². The first-order chi connectivity index (χ1) is 8.69. The van der Waals surface area contributed by atoms with Gasteiger partial charge in [-0.15, -0.1) is 0 Å². The fourth-order valence-electron chi connectivity index (χ4n) is 2.73. The molecular weight excluding hydrogens is 218 g/mol. The van der Waals surface area contributed by atoms with Crippen LogP contribution in [-0.4, -0.2) is 11.4 Å². The van der Waals surface area contributed by atoms with E-state index >= 15 is 0 Å². The van der Waals surface area contributed by atoms with Crippen molar-refractivity contribution in [2.24, 2.45) is 0 Å². The van der Waals surface area contributed by atoms with Crippen molar-refractivity contribution in [3.63, 3.8) is 0 Å². The van der Waals surface area contributed by atoms with Crippen molar-refractivity contribution >= 4 is 0 Å². The summed E-state index contributed by atoms with van der Waals surface area (Å²) < 4.78 is 0. The number of rotatable bonds is 3. The van der Waals surface area contributed by atoms with Crippen LogP contribution >= 0.6 is 0 Å². The van der Waals surface area contributed by atoms with E-state index in [0.717, 1.165) is 6.54 Å². The predicted molar refractivity (Wildman–Crippen MR) is 75.4 cm³/mol. The van der Waals surface area contributed by atoms with Crippen LogP contribution in [-0.2, 0) is 5.54 Å². The fourth-order valence-corrected chi connectivity index (χ4v) is 2.73. The second-order valence-corrected chi connectivity index (χ2v) is 5.50. The summed E-state index contributed by atoms with van der Waals surface area (Å²) in [5.41, 5.74) is 2.94. The summed E-state index contributed by atoms with van der Waals surface area (Å²) in [6.07, 6.45) is 0. The summed E-state index contributed by atoms with van der Waals surface area (Å²) in [4.78, 5) is 2.55. The van der Waals surface area contributed by atoms with Crippen molar-refractivity contribution < 1.29 is 0 Å². The van der Waals surface area contributed by atoms with E-state index in [0.29, 0.717) is 6.04 Å². The van der Waals surface area contributed by atoms with Gasteiger partial charge in [0.25, 0.3) is 0 Å². The van der Waals surface area contributed by atoms with Crippen molar-refractivity contribution in [2.75, 3.05) is 6.54 Å². The van der Waals surface area contributed by atoms with Crippen LogP contribution < -0.4 is 0 Å². The third kappa shape index (κ3) is 1.95. The summed E-state index contributed by atoms with van der Waals surface area (Å²) >= 11 is 0. The van der Waals surface area contributed by atoms with E-state index in [-0.39, 0.29) is 5.54 Å². The van der Waals surface area contributed by atoms with E-state index < -0.39 is 0 Å². The maximum absolute atomic E-state index is 2.55. The highest BCUT2D eigenvalue weighted by atomic mass is 15.4. The smallest absolute Gasteiger partial charge is 0.0485 e. The Kier molecular flexibility index (Phi) is 2.71. The Morgan fingerprint density at radius 1 is 0.889 bits per heavy atom. The second kappa shape index (κ2) is 4.25. The molecule has 2 aromatic rings. The quantitative estimate of drug-likeness (QED) is 0.730. The molecule has 0 saturated carbocycles. The fraction of sp³-hybridized carbons (Fsp3) is 0.294. The van der Waals surface area contributed by atoms with Gasteiger partial charge in [-0.3, -0.25) is 4.90 Å². The molecule has 1 heteroatoms. The average molecular weight is 237 g/mol. The van der Waals surface area contributed by atoms with Gasteiger partial charge in [-0.25, -0.2) is 0 Å². The molecule has 2 aromatic carbocycles. The minimum absolute atomic E-state index is 0.113. The standard InChI is InChI=1S/C17H19N/c1-17(2,15-11-7-4-8-12-15)18-13-16(18)14-9-5-3-6-10-14/h3-12,16H,13H2,1-2H3. The third-order valence-corrected chi connectivity index (χ3v) is 3.99. The van der Waals surface area contributed by atoms with E-state index in [2.05, 4.69) is 79.4 Å². The molecule has 1 saturated heterocycles. The summed E-state index contributed by atoms with van der Waals surface area (Å²) in [6, 6.07) is 22.1. The minimum Gasteiger partial charge on any atom is -0.284 e. The molecule has 2 unspecified atom stereocenters. The molecule has 92 valence electrons. The van der Waals surface area contributed by atoms with E-state index in [1.165, 1.54) is 11.1 Å². The van der Waals surface area contributed by atoms with E-state index in [1.807, 2.05) is 0 Å². The van der Waals surface area contributed by atoms with Gasteiger partial charge >= 0.3 is 0 Å². The van der Waals surface area contributed by atoms with Crippen molar-refractivity contribution in [1.82, 2.24) is 4.90 Å². The van der Waals surface area contributed by atoms with E-state index in [9.17, 15) is 0 Å². The molecule has 0 aliphatic carbocycles. The van der Waals surface area contributed by atoms with E-state index in [4.69, 9.17) is 0 Å². The van der Waals surface area contributed by atoms with Crippen molar-refractivity contribution in [1.29, 1.82) is 0 Å². The van der Waals surface area contributed by atoms with Gasteiger partial charge in [0.15, 0.2) is 0 Å². The van der Waals surface area contributed by atoms with Gasteiger partial charge in [-0.1, -0.05) is 60.7 Å². The van der Waals surface area contributed by atoms with Crippen LogP contribution in [0.1, 0.15) is 31.0 Å². The topological polar surface area (TPSA) is 3.01 Å². The highest BCUT2D eigenvalue weighted by molar-refractivity contribution is 5.30. The Labute approximate surface area is 109 Å². The molecule has 3 rings (SSSR count). The number of nitrogens with zero attached hydrogens (tertiary/aromatic N) is 1. The molecule has 0 aromatic heterocycles. The van der Waals surface area contributed by atoms with Gasteiger partial charge in [-0.05, 0) is 25.0 Å². The number of benzene rings is 2. The zero-order valence-corrected chi connectivity index (χ0v) is 11.0. The maximum Gasteiger partial charge on any atom is 0.0485 e. The molecule has 0 radical (unpaired) electrons. The molecule has 1 heterocycles. The lowest BCUT2D eigenvalue weighted by molar-refractivity contribution is 0.265. The van der Waals surface area contributed by atoms with Gasteiger partial charge in [0.05, 0.1) is 0 Å². The van der Waals surface area contributed by atoms with Gasteiger partial charge in [0, 0.05) is 18.1 Å². The maximum atomic E-state index is 2.55. The zero-order valence-electron chi connectivity index (χ0n) is 11.0. The van der Waals surface area contributed by atoms with E-state index in [1.54, 1.807) is 0 Å². The SMILES string of the molecule is CC(C)(c1ccccc1)N1CC1c1ccccc1. The summed E-state index contributed by atoms with van der Waals surface area (Å²) in [5.74, 6) is 0. The Morgan fingerprint density at radius 2 is 1.44 bits per heavy atom. The molecule has 1 fully saturated rings. The molecule has 18 heavy (non-hydrogen) atoms. The van der Waals surface area contributed by atoms with Gasteiger partial charge < -0.3 is 0 Å². The highest BCUT2D eigenvalue weighted by Gasteiger charge is 2.45. The minimum atomic E-state index is 0.113. The normalized spacial score (nSPS) is 22.8. The van der Waals surface area contributed by atoms with Crippen LogP contribution in [0.3, 0.4) is 0 Å². The molecule has 2 atom stereocenters. The molecule has 1 nitrogen and oxygen atoms in total. The van der Waals surface area contributed by atoms with Gasteiger partial charge in [0.1, 0.15) is 0 Å². The van der Waals surface area contributed by atoms with Crippen molar-refractivity contribution in [3.8, 4) is 0 Å². The Hall–Kier alpha value is -1.60. The lowest BCUT2D eigenvalue weighted by Crippen LogP contribution is -2.27. The lowest BCUT2D eigenvalue weighted by atomic mass is 9.94. The first kappa shape index (κ1) is 11.5.